The molecule has 2 N–H and O–H groups in total. The van der Waals surface area contributed by atoms with Gasteiger partial charge in [0.15, 0.2) is 0 Å². The predicted molar refractivity (Wildman–Crippen MR) is 62.3 cm³/mol. The number of aromatic nitrogens is 1. The number of aliphatic carboxylic acids is 1. The minimum Gasteiger partial charge on any atom is -0.480 e. The van der Waals surface area contributed by atoms with Gasteiger partial charge in [0, 0.05) is 0 Å². The second kappa shape index (κ2) is 4.44. The van der Waals surface area contributed by atoms with Gasteiger partial charge in [0.25, 0.3) is 5.91 Å². The van der Waals surface area contributed by atoms with Crippen molar-refractivity contribution in [1.82, 2.24) is 10.5 Å². The summed E-state index contributed by atoms with van der Waals surface area (Å²) >= 11 is 0. The first-order valence-electron chi connectivity index (χ1n) is 5.95. The number of carboxylic acid groups (broad SMARTS) is 1. The topological polar surface area (TPSA) is 92.4 Å². The maximum absolute atomic E-state index is 12.1. The van der Waals surface area contributed by atoms with Gasteiger partial charge in [0.2, 0.25) is 0 Å². The summed E-state index contributed by atoms with van der Waals surface area (Å²) in [6, 6.07) is 0. The predicted octanol–water partition coefficient (Wildman–Crippen LogP) is 1.42. The van der Waals surface area contributed by atoms with E-state index in [2.05, 4.69) is 10.5 Å². The van der Waals surface area contributed by atoms with Crippen LogP contribution in [0.1, 0.15) is 47.5 Å². The summed E-state index contributed by atoms with van der Waals surface area (Å²) in [5, 5.41) is 15.6. The number of carbonyl (C=O) groups excluding carboxylic acids is 1. The zero-order valence-electron chi connectivity index (χ0n) is 10.4. The third-order valence-corrected chi connectivity index (χ3v) is 3.48. The quantitative estimate of drug-likeness (QED) is 0.848. The second-order valence-electron chi connectivity index (χ2n) is 4.75. The third kappa shape index (κ3) is 1.98. The van der Waals surface area contributed by atoms with Gasteiger partial charge < -0.3 is 14.9 Å². The molecule has 0 aliphatic heterocycles. The molecule has 1 saturated carbocycles. The van der Waals surface area contributed by atoms with Crippen molar-refractivity contribution in [2.24, 2.45) is 0 Å². The van der Waals surface area contributed by atoms with Crippen LogP contribution >= 0.6 is 0 Å². The first kappa shape index (κ1) is 12.6. The van der Waals surface area contributed by atoms with Crippen LogP contribution in [0.15, 0.2) is 4.52 Å². The van der Waals surface area contributed by atoms with Crippen LogP contribution in [0, 0.1) is 13.8 Å². The Morgan fingerprint density at radius 1 is 1.33 bits per heavy atom. The van der Waals surface area contributed by atoms with Crippen molar-refractivity contribution in [2.45, 2.75) is 45.1 Å². The highest BCUT2D eigenvalue weighted by Gasteiger charge is 2.43. The number of nitrogens with zero attached hydrogens (tertiary/aromatic N) is 1. The standard InChI is InChI=1S/C12H16N2O4/c1-7-9(8(2)18-14-7)10(15)13-12(11(16)17)5-3-4-6-12/h3-6H2,1-2H3,(H,13,15)(H,16,17). The second-order valence-corrected chi connectivity index (χ2v) is 4.75. The van der Waals surface area contributed by atoms with Crippen molar-refractivity contribution in [1.29, 1.82) is 0 Å². The lowest BCUT2D eigenvalue weighted by Crippen LogP contribution is -2.52. The monoisotopic (exact) mass is 252 g/mol. The number of carboxylic acids is 1. The van der Waals surface area contributed by atoms with E-state index < -0.39 is 17.4 Å². The molecule has 1 aliphatic rings. The number of hydrogen-bond donors (Lipinski definition) is 2. The molecule has 0 atom stereocenters. The summed E-state index contributed by atoms with van der Waals surface area (Å²) in [5.41, 5.74) is -0.321. The van der Waals surface area contributed by atoms with Crippen molar-refractivity contribution < 1.29 is 19.2 Å². The number of aryl methyl sites for hydroxylation is 2. The Bertz CT molecular complexity index is 467. The molecule has 0 bridgehead atoms. The van der Waals surface area contributed by atoms with E-state index in [0.29, 0.717) is 29.9 Å². The van der Waals surface area contributed by atoms with E-state index in [1.54, 1.807) is 13.8 Å². The average Bonchev–Trinajstić information content (AvgIpc) is 2.87. The molecule has 1 aromatic rings. The van der Waals surface area contributed by atoms with Crippen molar-refractivity contribution in [3.8, 4) is 0 Å². The first-order chi connectivity index (χ1) is 8.46. The summed E-state index contributed by atoms with van der Waals surface area (Å²) in [5.74, 6) is -0.987. The molecule has 1 amide bonds. The summed E-state index contributed by atoms with van der Waals surface area (Å²) in [6.07, 6.45) is 2.57. The van der Waals surface area contributed by atoms with Gasteiger partial charge in [-0.15, -0.1) is 0 Å². The van der Waals surface area contributed by atoms with E-state index in [0.717, 1.165) is 12.8 Å². The number of carbonyl (C=O) groups is 2. The van der Waals surface area contributed by atoms with Gasteiger partial charge >= 0.3 is 5.97 Å². The van der Waals surface area contributed by atoms with Crippen molar-refractivity contribution in [3.63, 3.8) is 0 Å². The molecule has 0 radical (unpaired) electrons. The molecule has 0 unspecified atom stereocenters. The Labute approximate surface area is 104 Å². The molecule has 0 spiro atoms. The Morgan fingerprint density at radius 3 is 2.39 bits per heavy atom. The molecule has 6 nitrogen and oxygen atoms in total. The smallest absolute Gasteiger partial charge is 0.329 e. The van der Waals surface area contributed by atoms with Crippen LogP contribution in [0.5, 0.6) is 0 Å². The number of amides is 1. The molecule has 1 aromatic heterocycles. The molecule has 1 fully saturated rings. The largest absolute Gasteiger partial charge is 0.480 e. The Kier molecular flexibility index (Phi) is 3.11. The van der Waals surface area contributed by atoms with Crippen LogP contribution in [-0.4, -0.2) is 27.7 Å². The molecular weight excluding hydrogens is 236 g/mol. The SMILES string of the molecule is Cc1noc(C)c1C(=O)NC1(C(=O)O)CCCC1. The molecule has 98 valence electrons. The summed E-state index contributed by atoms with van der Waals surface area (Å²) in [7, 11) is 0. The van der Waals surface area contributed by atoms with E-state index in [4.69, 9.17) is 4.52 Å². The maximum Gasteiger partial charge on any atom is 0.329 e. The van der Waals surface area contributed by atoms with Gasteiger partial charge in [-0.25, -0.2) is 4.79 Å². The van der Waals surface area contributed by atoms with Gasteiger partial charge in [-0.3, -0.25) is 4.79 Å². The maximum atomic E-state index is 12.1. The van der Waals surface area contributed by atoms with Gasteiger partial charge in [-0.2, -0.15) is 0 Å². The van der Waals surface area contributed by atoms with Gasteiger partial charge in [-0.1, -0.05) is 18.0 Å². The number of hydrogen-bond acceptors (Lipinski definition) is 4. The van der Waals surface area contributed by atoms with Crippen molar-refractivity contribution in [3.05, 3.63) is 17.0 Å². The zero-order chi connectivity index (χ0) is 13.3. The number of rotatable bonds is 3. The van der Waals surface area contributed by atoms with E-state index in [-0.39, 0.29) is 0 Å². The third-order valence-electron chi connectivity index (χ3n) is 3.48. The number of nitrogens with one attached hydrogen (secondary N) is 1. The molecule has 18 heavy (non-hydrogen) atoms. The molecule has 1 aliphatic carbocycles. The minimum atomic E-state index is -1.13. The lowest BCUT2D eigenvalue weighted by molar-refractivity contribution is -0.144. The molecule has 2 rings (SSSR count). The molecule has 0 saturated heterocycles. The van der Waals surface area contributed by atoms with Crippen LogP contribution in [0.3, 0.4) is 0 Å². The lowest BCUT2D eigenvalue weighted by Gasteiger charge is -2.25. The first-order valence-corrected chi connectivity index (χ1v) is 5.95. The van der Waals surface area contributed by atoms with Gasteiger partial charge in [-0.05, 0) is 26.7 Å². The summed E-state index contributed by atoms with van der Waals surface area (Å²) in [4.78, 5) is 23.5. The highest BCUT2D eigenvalue weighted by Crippen LogP contribution is 2.30. The van der Waals surface area contributed by atoms with Crippen molar-refractivity contribution in [2.75, 3.05) is 0 Å². The summed E-state index contributed by atoms with van der Waals surface area (Å²) in [6.45, 7) is 3.30. The van der Waals surface area contributed by atoms with E-state index in [1.807, 2.05) is 0 Å². The van der Waals surface area contributed by atoms with E-state index in [9.17, 15) is 14.7 Å². The molecule has 1 heterocycles. The fourth-order valence-electron chi connectivity index (χ4n) is 2.46. The fourth-order valence-corrected chi connectivity index (χ4v) is 2.46. The molecular formula is C12H16N2O4. The van der Waals surface area contributed by atoms with Crippen LogP contribution in [0.25, 0.3) is 0 Å². The van der Waals surface area contributed by atoms with E-state index in [1.165, 1.54) is 0 Å². The lowest BCUT2D eigenvalue weighted by atomic mass is 9.97. The minimum absolute atomic E-state index is 0.336. The van der Waals surface area contributed by atoms with Crippen LogP contribution in [-0.2, 0) is 4.79 Å². The average molecular weight is 252 g/mol. The van der Waals surface area contributed by atoms with Gasteiger partial charge in [0.1, 0.15) is 16.9 Å². The van der Waals surface area contributed by atoms with E-state index >= 15 is 0 Å². The zero-order valence-corrected chi connectivity index (χ0v) is 10.4. The van der Waals surface area contributed by atoms with Gasteiger partial charge in [0.05, 0.1) is 5.69 Å². The molecule has 6 heteroatoms. The molecule has 0 aromatic carbocycles. The van der Waals surface area contributed by atoms with Crippen LogP contribution < -0.4 is 5.32 Å². The van der Waals surface area contributed by atoms with Crippen LogP contribution in [0.2, 0.25) is 0 Å². The Morgan fingerprint density at radius 2 is 1.94 bits per heavy atom. The normalized spacial score (nSPS) is 17.7. The highest BCUT2D eigenvalue weighted by molar-refractivity contribution is 5.99. The Hall–Kier alpha value is -1.85. The highest BCUT2D eigenvalue weighted by atomic mass is 16.5. The van der Waals surface area contributed by atoms with Crippen molar-refractivity contribution >= 4 is 11.9 Å². The Balaban J connectivity index is 2.23. The fraction of sp³-hybridized carbons (Fsp3) is 0.583. The van der Waals surface area contributed by atoms with Crippen LogP contribution in [0.4, 0.5) is 0 Å². The summed E-state index contributed by atoms with van der Waals surface area (Å²) < 4.78 is 4.92.